The Morgan fingerprint density at radius 1 is 1.33 bits per heavy atom. The zero-order valence-electron chi connectivity index (χ0n) is 10.1. The van der Waals surface area contributed by atoms with Gasteiger partial charge in [0.1, 0.15) is 6.33 Å². The summed E-state index contributed by atoms with van der Waals surface area (Å²) in [4.78, 5) is 15.2. The van der Waals surface area contributed by atoms with Gasteiger partial charge in [0.2, 0.25) is 0 Å². The van der Waals surface area contributed by atoms with Gasteiger partial charge in [0, 0.05) is 0 Å². The quantitative estimate of drug-likeness (QED) is 0.760. The number of aromatic nitrogens is 3. The van der Waals surface area contributed by atoms with Crippen LogP contribution in [-0.2, 0) is 9.53 Å². The first-order valence-electron chi connectivity index (χ1n) is 5.42. The molecule has 0 fully saturated rings. The maximum Gasteiger partial charge on any atom is 0.346 e. The molecule has 1 aromatic carbocycles. The van der Waals surface area contributed by atoms with Crippen LogP contribution in [0.3, 0.4) is 0 Å². The maximum atomic E-state index is 11.2. The van der Waals surface area contributed by atoms with Gasteiger partial charge in [-0.15, -0.1) is 5.10 Å². The minimum Gasteiger partial charge on any atom is -0.466 e. The molecule has 1 heterocycles. The fourth-order valence-electron chi connectivity index (χ4n) is 1.38. The number of hydrogen-bond donors (Lipinski definition) is 0. The van der Waals surface area contributed by atoms with E-state index in [-0.39, 0.29) is 6.01 Å². The van der Waals surface area contributed by atoms with Crippen LogP contribution >= 0.6 is 0 Å². The zero-order valence-corrected chi connectivity index (χ0v) is 10.1. The predicted octanol–water partition coefficient (Wildman–Crippen LogP) is 1.21. The number of carbonyl (C=O) groups is 1. The lowest BCUT2D eigenvalue weighted by molar-refractivity contribution is -0.148. The lowest BCUT2D eigenvalue weighted by Gasteiger charge is -2.08. The molecule has 0 aliphatic carbocycles. The number of methoxy groups -OCH3 is 1. The molecule has 18 heavy (non-hydrogen) atoms. The Labute approximate surface area is 104 Å². The van der Waals surface area contributed by atoms with Gasteiger partial charge in [-0.1, -0.05) is 18.2 Å². The molecule has 0 spiro atoms. The van der Waals surface area contributed by atoms with Gasteiger partial charge in [-0.05, 0) is 19.1 Å². The lowest BCUT2D eigenvalue weighted by atomic mass is 10.3. The summed E-state index contributed by atoms with van der Waals surface area (Å²) >= 11 is 0. The minimum atomic E-state index is -0.735. The first-order valence-corrected chi connectivity index (χ1v) is 5.42. The second-order valence-corrected chi connectivity index (χ2v) is 3.59. The van der Waals surface area contributed by atoms with Gasteiger partial charge < -0.3 is 9.47 Å². The Kier molecular flexibility index (Phi) is 3.57. The number of ether oxygens (including phenoxy) is 2. The third-order valence-electron chi connectivity index (χ3n) is 2.31. The highest BCUT2D eigenvalue weighted by Gasteiger charge is 2.17. The molecule has 94 valence electrons. The van der Waals surface area contributed by atoms with Gasteiger partial charge in [0.05, 0.1) is 12.8 Å². The molecule has 6 nitrogen and oxygen atoms in total. The molecule has 1 aromatic heterocycles. The molecule has 0 radical (unpaired) electrons. The van der Waals surface area contributed by atoms with Crippen molar-refractivity contribution in [3.8, 4) is 11.7 Å². The van der Waals surface area contributed by atoms with Crippen molar-refractivity contribution in [3.63, 3.8) is 0 Å². The summed E-state index contributed by atoms with van der Waals surface area (Å²) in [5.74, 6) is -0.467. The van der Waals surface area contributed by atoms with Gasteiger partial charge in [-0.25, -0.2) is 9.48 Å². The van der Waals surface area contributed by atoms with Gasteiger partial charge in [-0.3, -0.25) is 0 Å². The highest BCUT2D eigenvalue weighted by Crippen LogP contribution is 2.09. The third kappa shape index (κ3) is 2.65. The molecule has 0 saturated heterocycles. The van der Waals surface area contributed by atoms with E-state index in [1.165, 1.54) is 13.4 Å². The summed E-state index contributed by atoms with van der Waals surface area (Å²) in [5, 5.41) is 4.11. The van der Waals surface area contributed by atoms with Crippen LogP contribution in [0.1, 0.15) is 6.92 Å². The van der Waals surface area contributed by atoms with E-state index < -0.39 is 12.1 Å². The number of para-hydroxylation sites is 1. The summed E-state index contributed by atoms with van der Waals surface area (Å²) in [5.41, 5.74) is 0.866. The largest absolute Gasteiger partial charge is 0.466 e. The second kappa shape index (κ2) is 5.31. The van der Waals surface area contributed by atoms with Crippen LogP contribution in [0, 0.1) is 0 Å². The van der Waals surface area contributed by atoms with Crippen molar-refractivity contribution in [2.24, 2.45) is 0 Å². The number of benzene rings is 1. The molecular weight excluding hydrogens is 234 g/mol. The van der Waals surface area contributed by atoms with Crippen molar-refractivity contribution in [1.29, 1.82) is 0 Å². The summed E-state index contributed by atoms with van der Waals surface area (Å²) in [6.07, 6.45) is 0.788. The third-order valence-corrected chi connectivity index (χ3v) is 2.31. The zero-order chi connectivity index (χ0) is 13.0. The predicted molar refractivity (Wildman–Crippen MR) is 63.5 cm³/mol. The van der Waals surface area contributed by atoms with Crippen LogP contribution in [0.15, 0.2) is 36.7 Å². The Bertz CT molecular complexity index is 524. The molecule has 0 aliphatic heterocycles. The van der Waals surface area contributed by atoms with Gasteiger partial charge in [-0.2, -0.15) is 4.98 Å². The Morgan fingerprint density at radius 2 is 2.06 bits per heavy atom. The lowest BCUT2D eigenvalue weighted by Crippen LogP contribution is -2.25. The summed E-state index contributed by atoms with van der Waals surface area (Å²) in [6.45, 7) is 1.58. The summed E-state index contributed by atoms with van der Waals surface area (Å²) in [7, 11) is 1.30. The molecule has 0 N–H and O–H groups in total. The molecule has 2 rings (SSSR count). The van der Waals surface area contributed by atoms with Crippen LogP contribution < -0.4 is 4.74 Å². The van der Waals surface area contributed by atoms with Gasteiger partial charge in [0.15, 0.2) is 6.10 Å². The monoisotopic (exact) mass is 247 g/mol. The van der Waals surface area contributed by atoms with E-state index in [2.05, 4.69) is 14.8 Å². The average Bonchev–Trinajstić information content (AvgIpc) is 2.87. The van der Waals surface area contributed by atoms with E-state index >= 15 is 0 Å². The molecule has 0 aliphatic rings. The summed E-state index contributed by atoms with van der Waals surface area (Å²) in [6, 6.07) is 9.63. The van der Waals surface area contributed by atoms with Crippen LogP contribution in [-0.4, -0.2) is 33.9 Å². The molecule has 2 aromatic rings. The van der Waals surface area contributed by atoms with E-state index in [1.807, 2.05) is 30.3 Å². The Balaban J connectivity index is 2.09. The highest BCUT2D eigenvalue weighted by molar-refractivity contribution is 5.74. The summed E-state index contributed by atoms with van der Waals surface area (Å²) < 4.78 is 11.4. The van der Waals surface area contributed by atoms with Crippen molar-refractivity contribution in [3.05, 3.63) is 36.7 Å². The van der Waals surface area contributed by atoms with E-state index in [4.69, 9.17) is 4.74 Å². The van der Waals surface area contributed by atoms with Crippen LogP contribution in [0.5, 0.6) is 6.01 Å². The smallest absolute Gasteiger partial charge is 0.346 e. The number of carbonyl (C=O) groups excluding carboxylic acids is 1. The van der Waals surface area contributed by atoms with Crippen LogP contribution in [0.4, 0.5) is 0 Å². The minimum absolute atomic E-state index is 0.136. The normalized spacial score (nSPS) is 11.9. The van der Waals surface area contributed by atoms with E-state index in [0.29, 0.717) is 0 Å². The molecule has 1 atom stereocenters. The van der Waals surface area contributed by atoms with Crippen molar-refractivity contribution in [1.82, 2.24) is 14.8 Å². The van der Waals surface area contributed by atoms with Gasteiger partial charge >= 0.3 is 12.0 Å². The molecular formula is C12H13N3O3. The first kappa shape index (κ1) is 12.1. The second-order valence-electron chi connectivity index (χ2n) is 3.59. The molecule has 0 amide bonds. The number of nitrogens with zero attached hydrogens (tertiary/aromatic N) is 3. The molecule has 0 unspecified atom stereocenters. The molecule has 6 heteroatoms. The Morgan fingerprint density at radius 3 is 2.72 bits per heavy atom. The first-order chi connectivity index (χ1) is 8.70. The fourth-order valence-corrected chi connectivity index (χ4v) is 1.38. The molecule has 0 bridgehead atoms. The van der Waals surface area contributed by atoms with E-state index in [1.54, 1.807) is 11.6 Å². The van der Waals surface area contributed by atoms with Crippen LogP contribution in [0.2, 0.25) is 0 Å². The average molecular weight is 247 g/mol. The van der Waals surface area contributed by atoms with E-state index in [9.17, 15) is 4.79 Å². The van der Waals surface area contributed by atoms with Crippen molar-refractivity contribution in [2.45, 2.75) is 13.0 Å². The maximum absolute atomic E-state index is 11.2. The van der Waals surface area contributed by atoms with Crippen molar-refractivity contribution in [2.75, 3.05) is 7.11 Å². The van der Waals surface area contributed by atoms with Crippen molar-refractivity contribution < 1.29 is 14.3 Å². The standard InChI is InChI=1S/C12H13N3O3/c1-9(11(16)17-2)18-12-13-8-15(14-12)10-6-4-3-5-7-10/h3-9H,1-2H3/t9-/m1/s1. The topological polar surface area (TPSA) is 66.2 Å². The van der Waals surface area contributed by atoms with Crippen LogP contribution in [0.25, 0.3) is 5.69 Å². The Hall–Kier alpha value is -2.37. The van der Waals surface area contributed by atoms with Crippen molar-refractivity contribution >= 4 is 5.97 Å². The van der Waals surface area contributed by atoms with Gasteiger partial charge in [0.25, 0.3) is 0 Å². The number of esters is 1. The number of rotatable bonds is 4. The number of hydrogen-bond acceptors (Lipinski definition) is 5. The fraction of sp³-hybridized carbons (Fsp3) is 0.250. The van der Waals surface area contributed by atoms with E-state index in [0.717, 1.165) is 5.69 Å². The molecule has 0 saturated carbocycles. The SMILES string of the molecule is COC(=O)[C@@H](C)Oc1ncn(-c2ccccc2)n1. The highest BCUT2D eigenvalue weighted by atomic mass is 16.6.